The lowest BCUT2D eigenvalue weighted by molar-refractivity contribution is -0.143. The second-order valence-corrected chi connectivity index (χ2v) is 7.45. The fourth-order valence-electron chi connectivity index (χ4n) is 3.06. The third-order valence-corrected chi connectivity index (χ3v) is 5.13. The van der Waals surface area contributed by atoms with Crippen molar-refractivity contribution in [2.75, 3.05) is 12.9 Å². The van der Waals surface area contributed by atoms with Crippen molar-refractivity contribution in [1.82, 2.24) is 4.90 Å². The van der Waals surface area contributed by atoms with Crippen LogP contribution in [0, 0.1) is 0 Å². The smallest absolute Gasteiger partial charge is 0.338 e. The number of amides is 1. The molecule has 1 aromatic carbocycles. The molecule has 1 fully saturated rings. The van der Waals surface area contributed by atoms with E-state index in [1.165, 1.54) is 11.8 Å². The maximum atomic E-state index is 12.8. The Hall–Kier alpha value is -2.28. The quantitative estimate of drug-likeness (QED) is 0.757. The standard InChI is InChI=1S/C19H22N2O4S/c1-11(2)25-18(23)16-12(3)20-19-21(15(22)8-9-26-19)17(16)13-6-5-7-14(10-13)24-4/h5-7,10-11,17H,8-9H2,1-4H3. The van der Waals surface area contributed by atoms with Crippen LogP contribution < -0.4 is 4.74 Å². The van der Waals surface area contributed by atoms with E-state index in [9.17, 15) is 9.59 Å². The molecule has 0 saturated carbocycles. The van der Waals surface area contributed by atoms with Gasteiger partial charge in [-0.1, -0.05) is 23.9 Å². The van der Waals surface area contributed by atoms with Gasteiger partial charge in [0.2, 0.25) is 5.91 Å². The Balaban J connectivity index is 2.14. The lowest BCUT2D eigenvalue weighted by Crippen LogP contribution is -2.46. The van der Waals surface area contributed by atoms with Crippen LogP contribution in [0.1, 0.15) is 38.8 Å². The highest BCUT2D eigenvalue weighted by Crippen LogP contribution is 2.41. The van der Waals surface area contributed by atoms with Gasteiger partial charge in [0.15, 0.2) is 5.17 Å². The van der Waals surface area contributed by atoms with E-state index < -0.39 is 12.0 Å². The van der Waals surface area contributed by atoms with Crippen LogP contribution in [-0.2, 0) is 14.3 Å². The third-order valence-electron chi connectivity index (χ3n) is 4.18. The minimum absolute atomic E-state index is 0.0438. The number of carbonyl (C=O) groups is 2. The maximum absolute atomic E-state index is 12.8. The first-order chi connectivity index (χ1) is 12.4. The molecule has 0 bridgehead atoms. The molecular weight excluding hydrogens is 352 g/mol. The Kier molecular flexibility index (Phi) is 5.36. The van der Waals surface area contributed by atoms with Crippen LogP contribution in [0.25, 0.3) is 0 Å². The number of rotatable bonds is 4. The normalized spacial score (nSPS) is 20.0. The Morgan fingerprint density at radius 3 is 2.85 bits per heavy atom. The molecule has 3 rings (SSSR count). The third kappa shape index (κ3) is 3.49. The van der Waals surface area contributed by atoms with E-state index in [4.69, 9.17) is 9.47 Å². The van der Waals surface area contributed by atoms with Gasteiger partial charge >= 0.3 is 5.97 Å². The molecule has 26 heavy (non-hydrogen) atoms. The Morgan fingerprint density at radius 2 is 2.15 bits per heavy atom. The molecule has 2 aliphatic rings. The minimum Gasteiger partial charge on any atom is -0.497 e. The molecule has 0 radical (unpaired) electrons. The molecule has 6 nitrogen and oxygen atoms in total. The zero-order valence-electron chi connectivity index (χ0n) is 15.3. The monoisotopic (exact) mass is 374 g/mol. The van der Waals surface area contributed by atoms with Crippen molar-refractivity contribution in [2.45, 2.75) is 39.3 Å². The number of hydrogen-bond acceptors (Lipinski definition) is 6. The molecule has 1 amide bonds. The molecule has 2 aliphatic heterocycles. The van der Waals surface area contributed by atoms with Crippen LogP contribution in [0.2, 0.25) is 0 Å². The summed E-state index contributed by atoms with van der Waals surface area (Å²) in [5.41, 5.74) is 1.77. The van der Waals surface area contributed by atoms with Crippen LogP contribution in [0.3, 0.4) is 0 Å². The fourth-order valence-corrected chi connectivity index (χ4v) is 4.07. The number of thioether (sulfide) groups is 1. The molecule has 2 heterocycles. The zero-order chi connectivity index (χ0) is 18.8. The van der Waals surface area contributed by atoms with Crippen LogP contribution in [-0.4, -0.2) is 40.9 Å². The van der Waals surface area contributed by atoms with Crippen molar-refractivity contribution in [2.24, 2.45) is 4.99 Å². The molecule has 1 unspecified atom stereocenters. The second kappa shape index (κ2) is 7.53. The van der Waals surface area contributed by atoms with Crippen molar-refractivity contribution in [3.05, 3.63) is 41.1 Å². The summed E-state index contributed by atoms with van der Waals surface area (Å²) in [6, 6.07) is 6.84. The van der Waals surface area contributed by atoms with Crippen molar-refractivity contribution in [3.8, 4) is 5.75 Å². The van der Waals surface area contributed by atoms with Crippen LogP contribution in [0.5, 0.6) is 5.75 Å². The first-order valence-corrected chi connectivity index (χ1v) is 9.50. The molecule has 7 heteroatoms. The number of hydrogen-bond donors (Lipinski definition) is 0. The van der Waals surface area contributed by atoms with Gasteiger partial charge in [-0.15, -0.1) is 0 Å². The number of carbonyl (C=O) groups excluding carboxylic acids is 2. The first-order valence-electron chi connectivity index (χ1n) is 8.51. The van der Waals surface area contributed by atoms with Gasteiger partial charge in [-0.3, -0.25) is 9.69 Å². The highest BCUT2D eigenvalue weighted by atomic mass is 32.2. The van der Waals surface area contributed by atoms with Gasteiger partial charge in [0.1, 0.15) is 5.75 Å². The Morgan fingerprint density at radius 1 is 1.38 bits per heavy atom. The summed E-state index contributed by atoms with van der Waals surface area (Å²) >= 11 is 1.53. The van der Waals surface area contributed by atoms with Crippen LogP contribution >= 0.6 is 11.8 Å². The molecule has 0 aliphatic carbocycles. The van der Waals surface area contributed by atoms with E-state index in [1.54, 1.807) is 32.8 Å². The summed E-state index contributed by atoms with van der Waals surface area (Å²) < 4.78 is 10.8. The molecule has 1 atom stereocenters. The predicted molar refractivity (Wildman–Crippen MR) is 101 cm³/mol. The van der Waals surface area contributed by atoms with E-state index in [1.807, 2.05) is 24.3 Å². The molecule has 138 valence electrons. The number of allylic oxidation sites excluding steroid dienone is 1. The van der Waals surface area contributed by atoms with Crippen molar-refractivity contribution >= 4 is 28.8 Å². The summed E-state index contributed by atoms with van der Waals surface area (Å²) in [5.74, 6) is 0.866. The van der Waals surface area contributed by atoms with Crippen LogP contribution in [0.4, 0.5) is 0 Å². The number of esters is 1. The summed E-state index contributed by atoms with van der Waals surface area (Å²) in [7, 11) is 1.59. The summed E-state index contributed by atoms with van der Waals surface area (Å²) in [6.07, 6.45) is 0.154. The number of benzene rings is 1. The average Bonchev–Trinajstić information content (AvgIpc) is 2.60. The van der Waals surface area contributed by atoms with E-state index in [2.05, 4.69) is 4.99 Å². The molecular formula is C19H22N2O4S. The Labute approximate surface area is 157 Å². The van der Waals surface area contributed by atoms with Crippen molar-refractivity contribution in [1.29, 1.82) is 0 Å². The summed E-state index contributed by atoms with van der Waals surface area (Å²) in [5, 5.41) is 0.632. The molecule has 1 aromatic rings. The van der Waals surface area contributed by atoms with E-state index in [-0.39, 0.29) is 12.0 Å². The van der Waals surface area contributed by atoms with Gasteiger partial charge in [0.05, 0.1) is 30.5 Å². The summed E-state index contributed by atoms with van der Waals surface area (Å²) in [6.45, 7) is 5.38. The number of nitrogens with zero attached hydrogens (tertiary/aromatic N) is 2. The lowest BCUT2D eigenvalue weighted by atomic mass is 9.94. The zero-order valence-corrected chi connectivity index (χ0v) is 16.1. The van der Waals surface area contributed by atoms with Crippen molar-refractivity contribution in [3.63, 3.8) is 0 Å². The average molecular weight is 374 g/mol. The van der Waals surface area contributed by atoms with Gasteiger partial charge in [-0.2, -0.15) is 0 Å². The molecule has 0 N–H and O–H groups in total. The minimum atomic E-state index is -0.566. The topological polar surface area (TPSA) is 68.2 Å². The van der Waals surface area contributed by atoms with E-state index in [0.717, 1.165) is 5.56 Å². The van der Waals surface area contributed by atoms with Gasteiger partial charge < -0.3 is 9.47 Å². The van der Waals surface area contributed by atoms with E-state index in [0.29, 0.717) is 34.4 Å². The molecule has 0 spiro atoms. The van der Waals surface area contributed by atoms with Crippen LogP contribution in [0.15, 0.2) is 40.5 Å². The maximum Gasteiger partial charge on any atom is 0.338 e. The number of ether oxygens (including phenoxy) is 2. The second-order valence-electron chi connectivity index (χ2n) is 6.39. The summed E-state index contributed by atoms with van der Waals surface area (Å²) in [4.78, 5) is 31.6. The number of aliphatic imine (C=N–C) groups is 1. The first kappa shape index (κ1) is 18.5. The highest BCUT2D eigenvalue weighted by molar-refractivity contribution is 8.14. The van der Waals surface area contributed by atoms with Gasteiger partial charge in [-0.05, 0) is 38.5 Å². The number of methoxy groups -OCH3 is 1. The van der Waals surface area contributed by atoms with Gasteiger partial charge in [-0.25, -0.2) is 9.79 Å². The van der Waals surface area contributed by atoms with Crippen molar-refractivity contribution < 1.29 is 19.1 Å². The van der Waals surface area contributed by atoms with E-state index >= 15 is 0 Å². The predicted octanol–water partition coefficient (Wildman–Crippen LogP) is 3.30. The molecule has 1 saturated heterocycles. The fraction of sp³-hybridized carbons (Fsp3) is 0.421. The SMILES string of the molecule is COc1cccc(C2C(C(=O)OC(C)C)=C(C)N=C3SCCC(=O)N32)c1. The van der Waals surface area contributed by atoms with Gasteiger partial charge in [0, 0.05) is 12.2 Å². The molecule has 0 aromatic heterocycles. The largest absolute Gasteiger partial charge is 0.497 e. The number of fused-ring (bicyclic) bond motifs is 1. The Bertz CT molecular complexity index is 800. The number of amidine groups is 1. The lowest BCUT2D eigenvalue weighted by Gasteiger charge is -2.39. The highest BCUT2D eigenvalue weighted by Gasteiger charge is 2.41. The van der Waals surface area contributed by atoms with Gasteiger partial charge in [0.25, 0.3) is 0 Å².